The lowest BCUT2D eigenvalue weighted by Crippen LogP contribution is -2.13. The maximum atomic E-state index is 2.40. The molecule has 0 radical (unpaired) electrons. The van der Waals surface area contributed by atoms with Gasteiger partial charge in [-0.05, 0) is 89.1 Å². The van der Waals surface area contributed by atoms with E-state index in [4.69, 9.17) is 0 Å². The van der Waals surface area contributed by atoms with Crippen molar-refractivity contribution in [2.45, 2.75) is 6.92 Å². The summed E-state index contributed by atoms with van der Waals surface area (Å²) in [6, 6.07) is 63.4. The highest BCUT2D eigenvalue weighted by Gasteiger charge is 2.19. The van der Waals surface area contributed by atoms with Gasteiger partial charge in [0, 0.05) is 33.5 Å². The molecule has 0 N–H and O–H groups in total. The summed E-state index contributed by atoms with van der Waals surface area (Å²) in [5.41, 5.74) is 8.02. The molecule has 8 aromatic carbocycles. The van der Waals surface area contributed by atoms with Gasteiger partial charge in [-0.25, -0.2) is 0 Å². The van der Waals surface area contributed by atoms with Crippen molar-refractivity contribution in [2.24, 2.45) is 0 Å². The van der Waals surface area contributed by atoms with Crippen LogP contribution >= 0.6 is 0 Å². The Morgan fingerprint density at radius 1 is 0.311 bits per heavy atom. The van der Waals surface area contributed by atoms with Gasteiger partial charge in [-0.2, -0.15) is 0 Å². The van der Waals surface area contributed by atoms with Crippen LogP contribution in [0.4, 0.5) is 34.1 Å². The molecule has 0 spiro atoms. The summed E-state index contributed by atoms with van der Waals surface area (Å²) in [6.45, 7) is 2.13. The molecule has 2 heteroatoms. The van der Waals surface area contributed by atoms with Crippen LogP contribution in [0.25, 0.3) is 32.3 Å². The molecule has 0 saturated heterocycles. The van der Waals surface area contributed by atoms with Gasteiger partial charge in [-0.1, -0.05) is 121 Å². The van der Waals surface area contributed by atoms with Crippen molar-refractivity contribution in [3.63, 3.8) is 0 Å². The molecule has 45 heavy (non-hydrogen) atoms. The van der Waals surface area contributed by atoms with E-state index in [0.29, 0.717) is 0 Å². The standard InChI is InChI=1S/C43H32N2/c1-31-20-23-36(24-21-31)44(39-25-22-32-10-2-3-13-35(32)30-39)37-26-28-38(29-27-37)45(42-18-8-14-33-11-4-6-16-40(33)42)43-19-9-15-34-12-5-7-17-41(34)43/h2-30H,1H3. The molecule has 0 unspecified atom stereocenters. The average molecular weight is 577 g/mol. The lowest BCUT2D eigenvalue weighted by Gasteiger charge is -2.30. The van der Waals surface area contributed by atoms with Crippen molar-refractivity contribution in [2.75, 3.05) is 9.80 Å². The van der Waals surface area contributed by atoms with Gasteiger partial charge in [0.2, 0.25) is 0 Å². The molecule has 0 saturated carbocycles. The van der Waals surface area contributed by atoms with E-state index >= 15 is 0 Å². The van der Waals surface area contributed by atoms with E-state index in [1.54, 1.807) is 0 Å². The van der Waals surface area contributed by atoms with E-state index < -0.39 is 0 Å². The molecule has 0 amide bonds. The van der Waals surface area contributed by atoms with Crippen LogP contribution in [0.1, 0.15) is 5.56 Å². The fourth-order valence-electron chi connectivity index (χ4n) is 6.42. The maximum Gasteiger partial charge on any atom is 0.0540 e. The summed E-state index contributed by atoms with van der Waals surface area (Å²) in [6.07, 6.45) is 0. The number of hydrogen-bond acceptors (Lipinski definition) is 2. The van der Waals surface area contributed by atoms with Crippen LogP contribution in [0.2, 0.25) is 0 Å². The van der Waals surface area contributed by atoms with Crippen molar-refractivity contribution in [3.8, 4) is 0 Å². The summed E-state index contributed by atoms with van der Waals surface area (Å²) in [5.74, 6) is 0. The highest BCUT2D eigenvalue weighted by molar-refractivity contribution is 6.04. The molecule has 0 atom stereocenters. The van der Waals surface area contributed by atoms with E-state index in [2.05, 4.69) is 193 Å². The van der Waals surface area contributed by atoms with Gasteiger partial charge < -0.3 is 9.80 Å². The summed E-state index contributed by atoms with van der Waals surface area (Å²) >= 11 is 0. The molecule has 8 aromatic rings. The minimum absolute atomic E-state index is 1.11. The summed E-state index contributed by atoms with van der Waals surface area (Å²) < 4.78 is 0. The zero-order valence-electron chi connectivity index (χ0n) is 25.1. The average Bonchev–Trinajstić information content (AvgIpc) is 3.10. The molecule has 0 bridgehead atoms. The highest BCUT2D eigenvalue weighted by Crippen LogP contribution is 2.43. The Hall–Kier alpha value is -5.86. The second-order valence-electron chi connectivity index (χ2n) is 11.6. The lowest BCUT2D eigenvalue weighted by atomic mass is 10.0. The molecule has 0 aliphatic heterocycles. The Labute approximate surface area is 264 Å². The fourth-order valence-corrected chi connectivity index (χ4v) is 6.42. The van der Waals surface area contributed by atoms with Gasteiger partial charge in [0.25, 0.3) is 0 Å². The third-order valence-electron chi connectivity index (χ3n) is 8.66. The predicted molar refractivity (Wildman–Crippen MR) is 193 cm³/mol. The number of nitrogens with zero attached hydrogens (tertiary/aromatic N) is 2. The van der Waals surface area contributed by atoms with Crippen LogP contribution in [0.5, 0.6) is 0 Å². The van der Waals surface area contributed by atoms with Crippen LogP contribution in [0, 0.1) is 6.92 Å². The largest absolute Gasteiger partial charge is 0.310 e. The number of anilines is 6. The second kappa shape index (κ2) is 11.3. The Balaban J connectivity index is 1.30. The molecule has 0 fully saturated rings. The fraction of sp³-hybridized carbons (Fsp3) is 0.0233. The number of hydrogen-bond donors (Lipinski definition) is 0. The monoisotopic (exact) mass is 576 g/mol. The van der Waals surface area contributed by atoms with E-state index in [1.807, 2.05) is 0 Å². The van der Waals surface area contributed by atoms with Crippen LogP contribution in [0.15, 0.2) is 176 Å². The first-order chi connectivity index (χ1) is 22.2. The normalized spacial score (nSPS) is 11.2. The van der Waals surface area contributed by atoms with Crippen LogP contribution < -0.4 is 9.80 Å². The SMILES string of the molecule is Cc1ccc(N(c2ccc(N(c3cccc4ccccc34)c3cccc4ccccc34)cc2)c2ccc3ccccc3c2)cc1. The molecule has 214 valence electrons. The molecule has 8 rings (SSSR count). The van der Waals surface area contributed by atoms with Gasteiger partial charge >= 0.3 is 0 Å². The quantitative estimate of drug-likeness (QED) is 0.194. The van der Waals surface area contributed by atoms with Gasteiger partial charge in [0.1, 0.15) is 0 Å². The summed E-state index contributed by atoms with van der Waals surface area (Å²) in [5, 5.41) is 7.34. The minimum atomic E-state index is 1.11. The molecule has 0 aliphatic rings. The number of aryl methyl sites for hydroxylation is 1. The topological polar surface area (TPSA) is 6.48 Å². The zero-order chi connectivity index (χ0) is 30.2. The Morgan fingerprint density at radius 3 is 1.31 bits per heavy atom. The van der Waals surface area contributed by atoms with Crippen molar-refractivity contribution < 1.29 is 0 Å². The van der Waals surface area contributed by atoms with Gasteiger partial charge in [-0.3, -0.25) is 0 Å². The Bertz CT molecular complexity index is 2190. The third-order valence-corrected chi connectivity index (χ3v) is 8.66. The van der Waals surface area contributed by atoms with E-state index in [1.165, 1.54) is 37.9 Å². The Morgan fingerprint density at radius 2 is 0.733 bits per heavy atom. The lowest BCUT2D eigenvalue weighted by molar-refractivity contribution is 1.26. The molecule has 0 heterocycles. The molecular weight excluding hydrogens is 544 g/mol. The van der Waals surface area contributed by atoms with Crippen molar-refractivity contribution in [1.29, 1.82) is 0 Å². The first kappa shape index (κ1) is 26.7. The van der Waals surface area contributed by atoms with Gasteiger partial charge in [-0.15, -0.1) is 0 Å². The van der Waals surface area contributed by atoms with E-state index in [-0.39, 0.29) is 0 Å². The summed E-state index contributed by atoms with van der Waals surface area (Å²) in [4.78, 5) is 4.75. The van der Waals surface area contributed by atoms with Crippen molar-refractivity contribution >= 4 is 66.4 Å². The van der Waals surface area contributed by atoms with Crippen LogP contribution in [-0.2, 0) is 0 Å². The molecule has 0 aliphatic carbocycles. The van der Waals surface area contributed by atoms with Crippen molar-refractivity contribution in [1.82, 2.24) is 0 Å². The summed E-state index contributed by atoms with van der Waals surface area (Å²) in [7, 11) is 0. The van der Waals surface area contributed by atoms with E-state index in [0.717, 1.165) is 34.1 Å². The zero-order valence-corrected chi connectivity index (χ0v) is 25.1. The van der Waals surface area contributed by atoms with E-state index in [9.17, 15) is 0 Å². The van der Waals surface area contributed by atoms with Crippen molar-refractivity contribution in [3.05, 3.63) is 181 Å². The van der Waals surface area contributed by atoms with Gasteiger partial charge in [0.15, 0.2) is 0 Å². The maximum absolute atomic E-state index is 2.40. The molecule has 0 aromatic heterocycles. The Kier molecular flexibility index (Phi) is 6.73. The minimum Gasteiger partial charge on any atom is -0.310 e. The number of fused-ring (bicyclic) bond motifs is 3. The third kappa shape index (κ3) is 4.97. The number of benzene rings is 8. The van der Waals surface area contributed by atoms with Crippen LogP contribution in [-0.4, -0.2) is 0 Å². The smallest absolute Gasteiger partial charge is 0.0540 e. The number of rotatable bonds is 6. The first-order valence-corrected chi connectivity index (χ1v) is 15.4. The van der Waals surface area contributed by atoms with Crippen LogP contribution in [0.3, 0.4) is 0 Å². The van der Waals surface area contributed by atoms with Gasteiger partial charge in [0.05, 0.1) is 11.4 Å². The molecule has 2 nitrogen and oxygen atoms in total. The highest BCUT2D eigenvalue weighted by atomic mass is 15.2. The second-order valence-corrected chi connectivity index (χ2v) is 11.6. The first-order valence-electron chi connectivity index (χ1n) is 15.4. The predicted octanol–water partition coefficient (Wildman–Crippen LogP) is 12.4. The molecular formula is C43H32N2.